The fourth-order valence-electron chi connectivity index (χ4n) is 2.62. The number of para-hydroxylation sites is 1. The number of carbonyl (C=O) groups is 1. The summed E-state index contributed by atoms with van der Waals surface area (Å²) in [5.74, 6) is 1.18. The summed E-state index contributed by atoms with van der Waals surface area (Å²) in [5, 5.41) is 10.8. The molecular weight excluding hydrogens is 368 g/mol. The number of methoxy groups -OCH3 is 1. The third-order valence-electron chi connectivity index (χ3n) is 4.02. The summed E-state index contributed by atoms with van der Waals surface area (Å²) < 4.78 is 10.7. The minimum Gasteiger partial charge on any atom is -0.496 e. The summed E-state index contributed by atoms with van der Waals surface area (Å²) in [6.45, 7) is 2.55. The molecule has 0 fully saturated rings. The standard InChI is InChI=1S/C22H22N4O3/c1-3-29-18-12-10-16(11-13-18)19-15-20(25-24-19)22(27)26-23-14-6-8-17-7-4-5-9-21(17)28-2/h4-15H,3H2,1-2H3,(H,24,25)(H,26,27)/b8-6+,23-14+. The Balaban J connectivity index is 1.57. The van der Waals surface area contributed by atoms with Crippen molar-refractivity contribution in [3.8, 4) is 22.8 Å². The number of nitrogens with one attached hydrogen (secondary N) is 2. The molecule has 148 valence electrons. The number of benzene rings is 2. The molecule has 1 heterocycles. The molecule has 2 aromatic carbocycles. The molecule has 0 aliphatic carbocycles. The van der Waals surface area contributed by atoms with Gasteiger partial charge in [-0.3, -0.25) is 9.89 Å². The zero-order valence-electron chi connectivity index (χ0n) is 16.3. The SMILES string of the molecule is CCOc1ccc(-c2cc(C(=O)N/N=C/C=C/c3ccccc3OC)[nH]n2)cc1. The van der Waals surface area contributed by atoms with Crippen LogP contribution in [0, 0.1) is 0 Å². The molecule has 0 saturated heterocycles. The number of carbonyl (C=O) groups excluding carboxylic acids is 1. The van der Waals surface area contributed by atoms with Gasteiger partial charge in [0.2, 0.25) is 0 Å². The Morgan fingerprint density at radius 2 is 2.00 bits per heavy atom. The van der Waals surface area contributed by atoms with Crippen LogP contribution in [0.2, 0.25) is 0 Å². The first-order chi connectivity index (χ1) is 14.2. The van der Waals surface area contributed by atoms with Crippen LogP contribution in [0.25, 0.3) is 17.3 Å². The number of allylic oxidation sites excluding steroid dienone is 1. The second-order valence-corrected chi connectivity index (χ2v) is 5.94. The zero-order chi connectivity index (χ0) is 20.5. The molecule has 29 heavy (non-hydrogen) atoms. The number of H-pyrrole nitrogens is 1. The Kier molecular flexibility index (Phi) is 6.78. The van der Waals surface area contributed by atoms with Gasteiger partial charge in [-0.2, -0.15) is 10.2 Å². The number of aromatic amines is 1. The van der Waals surface area contributed by atoms with Gasteiger partial charge in [0.25, 0.3) is 5.91 Å². The highest BCUT2D eigenvalue weighted by Gasteiger charge is 2.10. The van der Waals surface area contributed by atoms with Gasteiger partial charge in [0, 0.05) is 17.3 Å². The average Bonchev–Trinajstić information content (AvgIpc) is 3.25. The highest BCUT2D eigenvalue weighted by molar-refractivity contribution is 5.94. The third-order valence-corrected chi connectivity index (χ3v) is 4.02. The number of aromatic nitrogens is 2. The zero-order valence-corrected chi connectivity index (χ0v) is 16.3. The lowest BCUT2D eigenvalue weighted by atomic mass is 10.1. The van der Waals surface area contributed by atoms with Gasteiger partial charge in [-0.25, -0.2) is 5.43 Å². The fourth-order valence-corrected chi connectivity index (χ4v) is 2.62. The van der Waals surface area contributed by atoms with Crippen LogP contribution in [0.5, 0.6) is 11.5 Å². The van der Waals surface area contributed by atoms with Gasteiger partial charge >= 0.3 is 0 Å². The van der Waals surface area contributed by atoms with Crippen molar-refractivity contribution in [3.05, 3.63) is 71.9 Å². The minimum absolute atomic E-state index is 0.319. The molecule has 0 unspecified atom stereocenters. The van der Waals surface area contributed by atoms with Gasteiger partial charge in [-0.15, -0.1) is 0 Å². The van der Waals surface area contributed by atoms with E-state index in [1.807, 2.05) is 61.5 Å². The normalized spacial score (nSPS) is 11.1. The van der Waals surface area contributed by atoms with Crippen molar-refractivity contribution in [1.82, 2.24) is 15.6 Å². The third kappa shape index (κ3) is 5.32. The van der Waals surface area contributed by atoms with Crippen LogP contribution in [0.3, 0.4) is 0 Å². The summed E-state index contributed by atoms with van der Waals surface area (Å²) in [7, 11) is 1.62. The minimum atomic E-state index is -0.378. The molecular formula is C22H22N4O3. The maximum atomic E-state index is 12.2. The van der Waals surface area contributed by atoms with Gasteiger partial charge in [0.15, 0.2) is 0 Å². The predicted molar refractivity (Wildman–Crippen MR) is 113 cm³/mol. The number of hydrogen-bond donors (Lipinski definition) is 2. The first-order valence-corrected chi connectivity index (χ1v) is 9.13. The molecule has 0 saturated carbocycles. The smallest absolute Gasteiger partial charge is 0.289 e. The highest BCUT2D eigenvalue weighted by Crippen LogP contribution is 2.21. The van der Waals surface area contributed by atoms with Gasteiger partial charge in [-0.05, 0) is 55.5 Å². The molecule has 1 aromatic heterocycles. The number of hydrogen-bond acceptors (Lipinski definition) is 5. The summed E-state index contributed by atoms with van der Waals surface area (Å²) in [5.41, 5.74) is 5.24. The van der Waals surface area contributed by atoms with E-state index in [1.54, 1.807) is 19.3 Å². The molecule has 0 atom stereocenters. The van der Waals surface area contributed by atoms with Crippen LogP contribution in [0.1, 0.15) is 23.0 Å². The van der Waals surface area contributed by atoms with Crippen LogP contribution in [0.4, 0.5) is 0 Å². The van der Waals surface area contributed by atoms with Crippen molar-refractivity contribution in [2.24, 2.45) is 5.10 Å². The first kappa shape index (κ1) is 19.9. The van der Waals surface area contributed by atoms with E-state index in [0.29, 0.717) is 18.0 Å². The average molecular weight is 390 g/mol. The van der Waals surface area contributed by atoms with Crippen LogP contribution < -0.4 is 14.9 Å². The Morgan fingerprint density at radius 3 is 2.76 bits per heavy atom. The molecule has 2 N–H and O–H groups in total. The van der Waals surface area contributed by atoms with E-state index in [0.717, 1.165) is 22.6 Å². The summed E-state index contributed by atoms with van der Waals surface area (Å²) in [6, 6.07) is 16.8. The van der Waals surface area contributed by atoms with Crippen LogP contribution in [-0.4, -0.2) is 36.0 Å². The van der Waals surface area contributed by atoms with Crippen LogP contribution in [-0.2, 0) is 0 Å². The molecule has 0 spiro atoms. The van der Waals surface area contributed by atoms with Crippen molar-refractivity contribution >= 4 is 18.2 Å². The fraction of sp³-hybridized carbons (Fsp3) is 0.136. The molecule has 0 bridgehead atoms. The molecule has 0 aliphatic rings. The lowest BCUT2D eigenvalue weighted by molar-refractivity contribution is 0.0950. The van der Waals surface area contributed by atoms with Gasteiger partial charge < -0.3 is 9.47 Å². The maximum absolute atomic E-state index is 12.2. The molecule has 7 heteroatoms. The Morgan fingerprint density at radius 1 is 1.21 bits per heavy atom. The monoisotopic (exact) mass is 390 g/mol. The Hall–Kier alpha value is -3.87. The van der Waals surface area contributed by atoms with Gasteiger partial charge in [0.1, 0.15) is 17.2 Å². The van der Waals surface area contributed by atoms with E-state index in [2.05, 4.69) is 20.7 Å². The number of nitrogens with zero attached hydrogens (tertiary/aromatic N) is 2. The van der Waals surface area contributed by atoms with Crippen molar-refractivity contribution in [3.63, 3.8) is 0 Å². The first-order valence-electron chi connectivity index (χ1n) is 9.13. The van der Waals surface area contributed by atoms with E-state index in [1.165, 1.54) is 6.21 Å². The number of amides is 1. The molecule has 3 rings (SSSR count). The Bertz CT molecular complexity index is 1010. The summed E-state index contributed by atoms with van der Waals surface area (Å²) >= 11 is 0. The van der Waals surface area contributed by atoms with Crippen molar-refractivity contribution in [2.45, 2.75) is 6.92 Å². The van der Waals surface area contributed by atoms with Gasteiger partial charge in [-0.1, -0.05) is 18.2 Å². The number of ether oxygens (including phenoxy) is 2. The van der Waals surface area contributed by atoms with Gasteiger partial charge in [0.05, 0.1) is 19.4 Å². The second kappa shape index (κ2) is 9.89. The Labute approximate surface area is 169 Å². The van der Waals surface area contributed by atoms with Crippen molar-refractivity contribution in [2.75, 3.05) is 13.7 Å². The predicted octanol–water partition coefficient (Wildman–Crippen LogP) is 3.91. The second-order valence-electron chi connectivity index (χ2n) is 5.94. The lowest BCUT2D eigenvalue weighted by Gasteiger charge is -2.02. The molecule has 3 aromatic rings. The summed E-state index contributed by atoms with van der Waals surface area (Å²) in [6.07, 6.45) is 5.05. The number of hydrazone groups is 1. The van der Waals surface area contributed by atoms with E-state index >= 15 is 0 Å². The largest absolute Gasteiger partial charge is 0.496 e. The molecule has 1 amide bonds. The quantitative estimate of drug-likeness (QED) is 0.451. The highest BCUT2D eigenvalue weighted by atomic mass is 16.5. The maximum Gasteiger partial charge on any atom is 0.289 e. The van der Waals surface area contributed by atoms with E-state index in [-0.39, 0.29) is 5.91 Å². The van der Waals surface area contributed by atoms with E-state index in [9.17, 15) is 4.79 Å². The topological polar surface area (TPSA) is 88.6 Å². The van der Waals surface area contributed by atoms with Crippen molar-refractivity contribution < 1.29 is 14.3 Å². The van der Waals surface area contributed by atoms with Crippen LogP contribution >= 0.6 is 0 Å². The van der Waals surface area contributed by atoms with Crippen LogP contribution in [0.15, 0.2) is 65.8 Å². The molecule has 0 radical (unpaired) electrons. The number of rotatable bonds is 8. The molecule has 0 aliphatic heterocycles. The van der Waals surface area contributed by atoms with Crippen molar-refractivity contribution in [1.29, 1.82) is 0 Å². The van der Waals surface area contributed by atoms with E-state index in [4.69, 9.17) is 9.47 Å². The lowest BCUT2D eigenvalue weighted by Crippen LogP contribution is -2.17. The summed E-state index contributed by atoms with van der Waals surface area (Å²) in [4.78, 5) is 12.2. The molecule has 7 nitrogen and oxygen atoms in total. The van der Waals surface area contributed by atoms with E-state index < -0.39 is 0 Å².